The lowest BCUT2D eigenvalue weighted by Gasteiger charge is -2.47. The highest BCUT2D eigenvalue weighted by Crippen LogP contribution is 2.36. The lowest BCUT2D eigenvalue weighted by Crippen LogP contribution is -2.62. The molecule has 1 aromatic rings. The van der Waals surface area contributed by atoms with Crippen molar-refractivity contribution in [1.82, 2.24) is 14.4 Å². The molecule has 0 fully saturated rings. The molecular weight excluding hydrogens is 328 g/mol. The molecule has 2 amide bonds. The molecule has 0 unspecified atom stereocenters. The van der Waals surface area contributed by atoms with Gasteiger partial charge in [-0.25, -0.2) is 0 Å². The molecule has 4 rings (SSSR count). The third kappa shape index (κ3) is 2.43. The molecule has 2 atom stereocenters. The van der Waals surface area contributed by atoms with E-state index in [1.807, 2.05) is 48.1 Å². The first-order valence-corrected chi connectivity index (χ1v) is 9.17. The van der Waals surface area contributed by atoms with Gasteiger partial charge in [-0.05, 0) is 50.1 Å². The van der Waals surface area contributed by atoms with Gasteiger partial charge >= 0.3 is 0 Å². The number of rotatable bonds is 2. The number of nitrogens with zero attached hydrogens (tertiary/aromatic N) is 4. The Bertz CT molecular complexity index is 863. The Kier molecular flexibility index (Phi) is 3.86. The molecule has 0 spiro atoms. The van der Waals surface area contributed by atoms with Gasteiger partial charge in [0.15, 0.2) is 0 Å². The summed E-state index contributed by atoms with van der Waals surface area (Å²) in [5.41, 5.74) is 1.24. The van der Waals surface area contributed by atoms with Crippen LogP contribution in [0.4, 0.5) is 0 Å². The highest BCUT2D eigenvalue weighted by molar-refractivity contribution is 6.10. The zero-order chi connectivity index (χ0) is 18.5. The summed E-state index contributed by atoms with van der Waals surface area (Å²) in [6, 6.07) is 4.15. The number of hydrogen-bond donors (Lipinski definition) is 0. The first-order valence-electron chi connectivity index (χ1n) is 9.17. The summed E-state index contributed by atoms with van der Waals surface area (Å²) in [5.74, 6) is 0.320. The number of aliphatic imine (C=N–C) groups is 1. The minimum Gasteiger partial charge on any atom is -0.348 e. The van der Waals surface area contributed by atoms with Crippen molar-refractivity contribution < 1.29 is 9.59 Å². The predicted octanol–water partition coefficient (Wildman–Crippen LogP) is 2.64. The predicted molar refractivity (Wildman–Crippen MR) is 99.4 cm³/mol. The minimum absolute atomic E-state index is 0.00449. The third-order valence-electron chi connectivity index (χ3n) is 5.63. The molecule has 6 heteroatoms. The number of fused-ring (bicyclic) bond motifs is 2. The quantitative estimate of drug-likeness (QED) is 0.822. The van der Waals surface area contributed by atoms with Crippen molar-refractivity contribution in [2.75, 3.05) is 6.54 Å². The van der Waals surface area contributed by atoms with Crippen molar-refractivity contribution in [1.29, 1.82) is 0 Å². The van der Waals surface area contributed by atoms with Crippen molar-refractivity contribution in [2.24, 2.45) is 4.99 Å². The summed E-state index contributed by atoms with van der Waals surface area (Å²) < 4.78 is 2.21. The maximum atomic E-state index is 13.7. The van der Waals surface area contributed by atoms with E-state index in [1.165, 1.54) is 0 Å². The molecule has 0 aromatic carbocycles. The summed E-state index contributed by atoms with van der Waals surface area (Å²) in [6.07, 6.45) is 8.71. The lowest BCUT2D eigenvalue weighted by molar-refractivity contribution is -0.147. The molecule has 1 aromatic heterocycles. The highest BCUT2D eigenvalue weighted by atomic mass is 16.2. The third-order valence-corrected chi connectivity index (χ3v) is 5.63. The molecule has 0 aliphatic carbocycles. The summed E-state index contributed by atoms with van der Waals surface area (Å²) >= 11 is 0. The Morgan fingerprint density at radius 3 is 2.96 bits per heavy atom. The zero-order valence-corrected chi connectivity index (χ0v) is 15.5. The molecule has 0 radical (unpaired) electrons. The normalized spacial score (nSPS) is 27.7. The van der Waals surface area contributed by atoms with Gasteiger partial charge in [-0.1, -0.05) is 6.92 Å². The van der Waals surface area contributed by atoms with Crippen LogP contribution in [0.25, 0.3) is 0 Å². The van der Waals surface area contributed by atoms with Crippen LogP contribution in [-0.4, -0.2) is 44.1 Å². The number of carbonyl (C=O) groups is 2. The topological polar surface area (TPSA) is 57.9 Å². The summed E-state index contributed by atoms with van der Waals surface area (Å²) in [6.45, 7) is 7.36. The van der Waals surface area contributed by atoms with E-state index >= 15 is 0 Å². The largest absolute Gasteiger partial charge is 0.348 e. The van der Waals surface area contributed by atoms with E-state index in [0.717, 1.165) is 24.2 Å². The van der Waals surface area contributed by atoms with Gasteiger partial charge in [0.25, 0.3) is 5.91 Å². The second-order valence-corrected chi connectivity index (χ2v) is 7.44. The average Bonchev–Trinajstić information content (AvgIpc) is 3.08. The first-order chi connectivity index (χ1) is 12.4. The summed E-state index contributed by atoms with van der Waals surface area (Å²) in [5, 5.41) is 0. The van der Waals surface area contributed by atoms with Crippen LogP contribution in [0.15, 0.2) is 47.2 Å². The Balaban J connectivity index is 1.70. The second-order valence-electron chi connectivity index (χ2n) is 7.44. The Labute approximate surface area is 153 Å². The van der Waals surface area contributed by atoms with Crippen LogP contribution in [0.2, 0.25) is 0 Å². The van der Waals surface area contributed by atoms with E-state index in [-0.39, 0.29) is 24.3 Å². The van der Waals surface area contributed by atoms with Gasteiger partial charge in [0, 0.05) is 31.2 Å². The van der Waals surface area contributed by atoms with Crippen LogP contribution in [0.3, 0.4) is 0 Å². The van der Waals surface area contributed by atoms with Crippen LogP contribution in [0.1, 0.15) is 45.3 Å². The summed E-state index contributed by atoms with van der Waals surface area (Å²) in [7, 11) is 0. The lowest BCUT2D eigenvalue weighted by atomic mass is 9.88. The minimum atomic E-state index is -0.940. The molecule has 136 valence electrons. The van der Waals surface area contributed by atoms with Crippen LogP contribution in [-0.2, 0) is 16.1 Å². The van der Waals surface area contributed by atoms with Crippen LogP contribution < -0.4 is 0 Å². The molecular formula is C20H24N4O2. The number of allylic oxidation sites excluding steroid dienone is 2. The molecule has 6 nitrogen and oxygen atoms in total. The maximum absolute atomic E-state index is 13.7. The van der Waals surface area contributed by atoms with Crippen molar-refractivity contribution in [2.45, 2.75) is 51.7 Å². The van der Waals surface area contributed by atoms with Gasteiger partial charge in [-0.3, -0.25) is 9.59 Å². The smallest absolute Gasteiger partial charge is 0.250 e. The van der Waals surface area contributed by atoms with Crippen molar-refractivity contribution in [3.63, 3.8) is 0 Å². The van der Waals surface area contributed by atoms with Crippen molar-refractivity contribution in [3.05, 3.63) is 47.9 Å². The number of amidine groups is 1. The van der Waals surface area contributed by atoms with E-state index < -0.39 is 5.54 Å². The van der Waals surface area contributed by atoms with Crippen molar-refractivity contribution in [3.8, 4) is 0 Å². The van der Waals surface area contributed by atoms with Gasteiger partial charge in [0.2, 0.25) is 5.91 Å². The fourth-order valence-electron chi connectivity index (χ4n) is 4.27. The van der Waals surface area contributed by atoms with Gasteiger partial charge in [-0.2, -0.15) is 4.99 Å². The number of hydrogen-bond acceptors (Lipinski definition) is 3. The van der Waals surface area contributed by atoms with E-state index in [1.54, 1.807) is 0 Å². The fourth-order valence-corrected chi connectivity index (χ4v) is 4.27. The molecule has 0 saturated heterocycles. The Morgan fingerprint density at radius 2 is 2.19 bits per heavy atom. The van der Waals surface area contributed by atoms with E-state index in [4.69, 9.17) is 0 Å². The van der Waals surface area contributed by atoms with Crippen LogP contribution in [0, 0.1) is 0 Å². The molecule has 26 heavy (non-hydrogen) atoms. The summed E-state index contributed by atoms with van der Waals surface area (Å²) in [4.78, 5) is 33.9. The van der Waals surface area contributed by atoms with Gasteiger partial charge in [-0.15, -0.1) is 0 Å². The molecule has 0 saturated carbocycles. The fraction of sp³-hybridized carbons (Fsp3) is 0.450. The Morgan fingerprint density at radius 1 is 1.38 bits per heavy atom. The average molecular weight is 352 g/mol. The molecule has 0 bridgehead atoms. The zero-order valence-electron chi connectivity index (χ0n) is 15.5. The molecule has 3 aliphatic rings. The molecule has 3 aliphatic heterocycles. The van der Waals surface area contributed by atoms with Gasteiger partial charge < -0.3 is 14.4 Å². The molecule has 0 N–H and O–H groups in total. The van der Waals surface area contributed by atoms with Gasteiger partial charge in [0.05, 0.1) is 12.5 Å². The second kappa shape index (κ2) is 5.97. The SMILES string of the molecule is CC[C@@H]1c2cccn2CCN1C(=O)[C@@]1(C)CC(=O)N=C2C=C(C)C=CN21. The van der Waals surface area contributed by atoms with E-state index in [9.17, 15) is 9.59 Å². The van der Waals surface area contributed by atoms with E-state index in [2.05, 4.69) is 28.7 Å². The standard InChI is InChI=1S/C20H24N4O2/c1-4-15-16-6-5-8-22(16)10-11-23(15)19(26)20(3)13-18(25)21-17-12-14(2)7-9-24(17)20/h5-9,12,15H,4,10-11,13H2,1-3H3/t15-,20-/m1/s1. The highest BCUT2D eigenvalue weighted by Gasteiger charge is 2.49. The van der Waals surface area contributed by atoms with Crippen molar-refractivity contribution >= 4 is 17.6 Å². The van der Waals surface area contributed by atoms with E-state index in [0.29, 0.717) is 12.4 Å². The van der Waals surface area contributed by atoms with Crippen LogP contribution in [0.5, 0.6) is 0 Å². The number of carbonyl (C=O) groups excluding carboxylic acids is 2. The molecule has 4 heterocycles. The van der Waals surface area contributed by atoms with Crippen LogP contribution >= 0.6 is 0 Å². The number of aromatic nitrogens is 1. The Hall–Kier alpha value is -2.63. The first kappa shape index (κ1) is 16.8. The van der Waals surface area contributed by atoms with Gasteiger partial charge in [0.1, 0.15) is 11.4 Å². The monoisotopic (exact) mass is 352 g/mol. The maximum Gasteiger partial charge on any atom is 0.250 e. The number of amides is 2.